The minimum atomic E-state index is -0.337. The second kappa shape index (κ2) is 9.53. The third-order valence-electron chi connectivity index (χ3n) is 4.87. The Hall–Kier alpha value is -4.21. The molecule has 1 heterocycles. The van der Waals surface area contributed by atoms with Gasteiger partial charge >= 0.3 is 0 Å². The standard InChI is InChI=1S/C25H20N4O2/c26-15-18-9-11-19(12-10-18)17-31-29-25(30)22-6-2-4-8-24(22)28-16-20-13-14-27-23-7-3-1-5-21(20)23/h1-14,28H,16-17H2,(H,29,30). The Balaban J connectivity index is 1.40. The number of para-hydroxylation sites is 2. The number of hydrogen-bond acceptors (Lipinski definition) is 5. The van der Waals surface area contributed by atoms with E-state index in [1.54, 1.807) is 36.5 Å². The van der Waals surface area contributed by atoms with E-state index < -0.39 is 0 Å². The van der Waals surface area contributed by atoms with Crippen molar-refractivity contribution in [2.24, 2.45) is 0 Å². The quantitative estimate of drug-likeness (QED) is 0.437. The molecule has 3 aromatic carbocycles. The molecule has 0 saturated heterocycles. The summed E-state index contributed by atoms with van der Waals surface area (Å²) in [5.74, 6) is -0.337. The zero-order valence-corrected chi connectivity index (χ0v) is 16.7. The van der Waals surface area contributed by atoms with Gasteiger partial charge in [-0.25, -0.2) is 5.48 Å². The Morgan fingerprint density at radius 3 is 2.58 bits per heavy atom. The fraction of sp³-hybridized carbons (Fsp3) is 0.0800. The summed E-state index contributed by atoms with van der Waals surface area (Å²) in [4.78, 5) is 22.4. The van der Waals surface area contributed by atoms with Gasteiger partial charge in [-0.15, -0.1) is 0 Å². The minimum Gasteiger partial charge on any atom is -0.380 e. The first kappa shape index (κ1) is 20.1. The third kappa shape index (κ3) is 4.86. The summed E-state index contributed by atoms with van der Waals surface area (Å²) in [5.41, 5.74) is 7.15. The van der Waals surface area contributed by atoms with Crippen LogP contribution in [0.5, 0.6) is 0 Å². The van der Waals surface area contributed by atoms with Crippen LogP contribution in [0.1, 0.15) is 27.0 Å². The molecule has 0 atom stereocenters. The summed E-state index contributed by atoms with van der Waals surface area (Å²) in [6.45, 7) is 0.759. The van der Waals surface area contributed by atoms with Gasteiger partial charge in [0.25, 0.3) is 5.91 Å². The molecule has 0 unspecified atom stereocenters. The molecule has 0 aliphatic rings. The number of hydrogen-bond donors (Lipinski definition) is 2. The zero-order chi connectivity index (χ0) is 21.5. The number of aromatic nitrogens is 1. The molecule has 152 valence electrons. The number of anilines is 1. The lowest BCUT2D eigenvalue weighted by Crippen LogP contribution is -2.24. The van der Waals surface area contributed by atoms with Crippen molar-refractivity contribution in [2.75, 3.05) is 5.32 Å². The van der Waals surface area contributed by atoms with Crippen molar-refractivity contribution >= 4 is 22.5 Å². The summed E-state index contributed by atoms with van der Waals surface area (Å²) in [5, 5.41) is 13.3. The van der Waals surface area contributed by atoms with Crippen molar-refractivity contribution in [3.8, 4) is 6.07 Å². The second-order valence-corrected chi connectivity index (χ2v) is 6.91. The van der Waals surface area contributed by atoms with E-state index in [0.29, 0.717) is 23.4 Å². The van der Waals surface area contributed by atoms with Crippen LogP contribution >= 0.6 is 0 Å². The Morgan fingerprint density at radius 2 is 1.74 bits per heavy atom. The number of pyridine rings is 1. The number of rotatable bonds is 7. The van der Waals surface area contributed by atoms with E-state index in [-0.39, 0.29) is 12.5 Å². The number of amides is 1. The zero-order valence-electron chi connectivity index (χ0n) is 16.7. The van der Waals surface area contributed by atoms with Crippen molar-refractivity contribution in [3.05, 3.63) is 107 Å². The van der Waals surface area contributed by atoms with Gasteiger partial charge in [-0.3, -0.25) is 14.6 Å². The van der Waals surface area contributed by atoms with Crippen molar-refractivity contribution in [3.63, 3.8) is 0 Å². The van der Waals surface area contributed by atoms with Gasteiger partial charge in [0.2, 0.25) is 0 Å². The number of benzene rings is 3. The first-order valence-electron chi connectivity index (χ1n) is 9.81. The molecule has 0 aliphatic carbocycles. The van der Waals surface area contributed by atoms with E-state index in [1.807, 2.05) is 48.5 Å². The van der Waals surface area contributed by atoms with Gasteiger partial charge in [-0.1, -0.05) is 42.5 Å². The predicted molar refractivity (Wildman–Crippen MR) is 119 cm³/mol. The molecule has 6 nitrogen and oxygen atoms in total. The molecule has 1 aromatic heterocycles. The SMILES string of the molecule is N#Cc1ccc(CONC(=O)c2ccccc2NCc2ccnc3ccccc23)cc1. The van der Waals surface area contributed by atoms with Gasteiger partial charge in [0.1, 0.15) is 0 Å². The summed E-state index contributed by atoms with van der Waals surface area (Å²) < 4.78 is 0. The van der Waals surface area contributed by atoms with Gasteiger partial charge in [-0.05, 0) is 47.5 Å². The molecule has 0 spiro atoms. The van der Waals surface area contributed by atoms with E-state index in [0.717, 1.165) is 22.0 Å². The molecule has 31 heavy (non-hydrogen) atoms. The number of hydroxylamine groups is 1. The molecule has 0 aliphatic heterocycles. The number of carbonyl (C=O) groups excluding carboxylic acids is 1. The topological polar surface area (TPSA) is 87.0 Å². The maximum atomic E-state index is 12.7. The molecule has 0 radical (unpaired) electrons. The van der Waals surface area contributed by atoms with E-state index in [4.69, 9.17) is 10.1 Å². The highest BCUT2D eigenvalue weighted by Gasteiger charge is 2.11. The van der Waals surface area contributed by atoms with Gasteiger partial charge in [0.15, 0.2) is 0 Å². The molecule has 0 saturated carbocycles. The highest BCUT2D eigenvalue weighted by Crippen LogP contribution is 2.20. The summed E-state index contributed by atoms with van der Waals surface area (Å²) in [7, 11) is 0. The lowest BCUT2D eigenvalue weighted by molar-refractivity contribution is 0.0234. The van der Waals surface area contributed by atoms with Crippen molar-refractivity contribution in [2.45, 2.75) is 13.2 Å². The molecule has 2 N–H and O–H groups in total. The predicted octanol–water partition coefficient (Wildman–Crippen LogP) is 4.58. The van der Waals surface area contributed by atoms with Crippen LogP contribution in [0, 0.1) is 11.3 Å². The number of carbonyl (C=O) groups is 1. The Bertz CT molecular complexity index is 1240. The van der Waals surface area contributed by atoms with Gasteiger partial charge in [0.05, 0.1) is 29.3 Å². The average molecular weight is 408 g/mol. The van der Waals surface area contributed by atoms with E-state index in [2.05, 4.69) is 21.9 Å². The van der Waals surface area contributed by atoms with Crippen LogP contribution in [0.3, 0.4) is 0 Å². The van der Waals surface area contributed by atoms with E-state index in [9.17, 15) is 4.79 Å². The molecule has 1 amide bonds. The van der Waals surface area contributed by atoms with E-state index >= 15 is 0 Å². The number of fused-ring (bicyclic) bond motifs is 1. The Morgan fingerprint density at radius 1 is 0.968 bits per heavy atom. The van der Waals surface area contributed by atoms with Crippen LogP contribution < -0.4 is 10.8 Å². The van der Waals surface area contributed by atoms with Crippen LogP contribution in [0.4, 0.5) is 5.69 Å². The summed E-state index contributed by atoms with van der Waals surface area (Å²) in [6, 6.07) is 26.3. The van der Waals surface area contributed by atoms with E-state index in [1.165, 1.54) is 0 Å². The average Bonchev–Trinajstić information content (AvgIpc) is 2.83. The molecule has 0 fully saturated rings. The number of nitrogens with zero attached hydrogens (tertiary/aromatic N) is 2. The van der Waals surface area contributed by atoms with Gasteiger partial charge in [0, 0.05) is 23.8 Å². The molecular formula is C25H20N4O2. The molecular weight excluding hydrogens is 388 g/mol. The normalized spacial score (nSPS) is 10.4. The molecule has 4 rings (SSSR count). The lowest BCUT2D eigenvalue weighted by atomic mass is 10.1. The summed E-state index contributed by atoms with van der Waals surface area (Å²) in [6.07, 6.45) is 1.79. The summed E-state index contributed by atoms with van der Waals surface area (Å²) >= 11 is 0. The highest BCUT2D eigenvalue weighted by atomic mass is 16.6. The molecule has 0 bridgehead atoms. The maximum Gasteiger partial charge on any atom is 0.276 e. The molecule has 6 heteroatoms. The second-order valence-electron chi connectivity index (χ2n) is 6.91. The maximum absolute atomic E-state index is 12.7. The first-order valence-corrected chi connectivity index (χ1v) is 9.81. The highest BCUT2D eigenvalue weighted by molar-refractivity contribution is 5.99. The van der Waals surface area contributed by atoms with Crippen LogP contribution in [0.2, 0.25) is 0 Å². The Kier molecular flexibility index (Phi) is 6.17. The fourth-order valence-electron chi connectivity index (χ4n) is 3.25. The van der Waals surface area contributed by atoms with Crippen molar-refractivity contribution < 1.29 is 9.63 Å². The van der Waals surface area contributed by atoms with Crippen LogP contribution in [0.25, 0.3) is 10.9 Å². The fourth-order valence-corrected chi connectivity index (χ4v) is 3.25. The lowest BCUT2D eigenvalue weighted by Gasteiger charge is -2.13. The van der Waals surface area contributed by atoms with Crippen LogP contribution in [0.15, 0.2) is 85.1 Å². The first-order chi connectivity index (χ1) is 15.2. The monoisotopic (exact) mass is 408 g/mol. The van der Waals surface area contributed by atoms with Crippen molar-refractivity contribution in [1.82, 2.24) is 10.5 Å². The smallest absolute Gasteiger partial charge is 0.276 e. The van der Waals surface area contributed by atoms with Gasteiger partial charge in [-0.2, -0.15) is 5.26 Å². The van der Waals surface area contributed by atoms with Crippen LogP contribution in [-0.2, 0) is 18.0 Å². The van der Waals surface area contributed by atoms with Crippen LogP contribution in [-0.4, -0.2) is 10.9 Å². The third-order valence-corrected chi connectivity index (χ3v) is 4.87. The minimum absolute atomic E-state index is 0.204. The number of nitriles is 1. The molecule has 4 aromatic rings. The Labute approximate surface area is 180 Å². The number of nitrogens with one attached hydrogen (secondary N) is 2. The van der Waals surface area contributed by atoms with Gasteiger partial charge < -0.3 is 5.32 Å². The largest absolute Gasteiger partial charge is 0.380 e. The van der Waals surface area contributed by atoms with Crippen molar-refractivity contribution in [1.29, 1.82) is 5.26 Å².